The van der Waals surface area contributed by atoms with Crippen molar-refractivity contribution in [3.63, 3.8) is 0 Å². The zero-order valence-electron chi connectivity index (χ0n) is 19.9. The van der Waals surface area contributed by atoms with Gasteiger partial charge in [0.15, 0.2) is 5.84 Å². The highest BCUT2D eigenvalue weighted by Gasteiger charge is 2.23. The minimum Gasteiger partial charge on any atom is -0.494 e. The average molecular weight is 495 g/mol. The molecule has 3 aromatic rings. The third kappa shape index (κ3) is 7.44. The Balaban J connectivity index is 1.11. The summed E-state index contributed by atoms with van der Waals surface area (Å²) in [7, 11) is 0. The first-order valence-electron chi connectivity index (χ1n) is 12.2. The third-order valence-electron chi connectivity index (χ3n) is 6.33. The van der Waals surface area contributed by atoms with Crippen LogP contribution in [0.15, 0.2) is 59.1 Å². The molecule has 4 rings (SSSR count). The monoisotopic (exact) mass is 494 g/mol. The van der Waals surface area contributed by atoms with Crippen LogP contribution in [0.4, 0.5) is 0 Å². The lowest BCUT2D eigenvalue weighted by atomic mass is 10.0. The molecule has 0 aliphatic heterocycles. The Morgan fingerprint density at radius 3 is 2.23 bits per heavy atom. The molecule has 8 heteroatoms. The van der Waals surface area contributed by atoms with Gasteiger partial charge in [0.05, 0.1) is 23.9 Å². The van der Waals surface area contributed by atoms with Gasteiger partial charge < -0.3 is 26.1 Å². The molecule has 2 aromatic carbocycles. The number of hydrogen-bond donors (Lipinski definition) is 3. The molecule has 0 spiro atoms. The maximum atomic E-state index is 8.70. The molecule has 0 saturated heterocycles. The van der Waals surface area contributed by atoms with E-state index in [0.29, 0.717) is 30.7 Å². The number of ether oxygens (including phenoxy) is 2. The van der Waals surface area contributed by atoms with Crippen molar-refractivity contribution >= 4 is 17.2 Å². The first kappa shape index (κ1) is 25.0. The summed E-state index contributed by atoms with van der Waals surface area (Å²) in [5, 5.41) is 15.0. The summed E-state index contributed by atoms with van der Waals surface area (Å²) in [4.78, 5) is 4.84. The van der Waals surface area contributed by atoms with Crippen LogP contribution >= 0.6 is 11.3 Å². The standard InChI is InChI=1S/C27H34N4O3S/c28-22-9-4-19(16-22)17-26-30-25(18-35-26)20-5-10-23(11-6-20)33-14-2-1-3-15-34-24-12-7-21(8-13-24)27(29)31-32/h5-8,10-13,18-19,22,32H,1-4,9,14-17,28H2,(H2,29,31). The van der Waals surface area contributed by atoms with E-state index in [1.807, 2.05) is 24.3 Å². The second kappa shape index (κ2) is 12.6. The predicted molar refractivity (Wildman–Crippen MR) is 140 cm³/mol. The fourth-order valence-corrected chi connectivity index (χ4v) is 5.27. The van der Waals surface area contributed by atoms with Crippen LogP contribution in [0.1, 0.15) is 49.1 Å². The van der Waals surface area contributed by atoms with Crippen molar-refractivity contribution in [2.45, 2.75) is 51.0 Å². The molecule has 1 heterocycles. The summed E-state index contributed by atoms with van der Waals surface area (Å²) in [5.74, 6) is 2.42. The quantitative estimate of drug-likeness (QED) is 0.105. The van der Waals surface area contributed by atoms with E-state index in [0.717, 1.165) is 61.3 Å². The van der Waals surface area contributed by atoms with E-state index >= 15 is 0 Å². The molecular weight excluding hydrogens is 460 g/mol. The summed E-state index contributed by atoms with van der Waals surface area (Å²) >= 11 is 1.75. The lowest BCUT2D eigenvalue weighted by Gasteiger charge is -2.08. The molecule has 2 unspecified atom stereocenters. The van der Waals surface area contributed by atoms with Crippen molar-refractivity contribution in [3.8, 4) is 22.8 Å². The Labute approximate surface area is 210 Å². The second-order valence-electron chi connectivity index (χ2n) is 9.06. The fourth-order valence-electron chi connectivity index (χ4n) is 4.35. The number of amidine groups is 1. The number of nitrogens with two attached hydrogens (primary N) is 2. The van der Waals surface area contributed by atoms with E-state index in [9.17, 15) is 0 Å². The van der Waals surface area contributed by atoms with Gasteiger partial charge in [0, 0.05) is 29.0 Å². The van der Waals surface area contributed by atoms with Gasteiger partial charge in [-0.15, -0.1) is 11.3 Å². The summed E-state index contributed by atoms with van der Waals surface area (Å²) in [6.45, 7) is 1.32. The van der Waals surface area contributed by atoms with Crippen molar-refractivity contribution < 1.29 is 14.7 Å². The Morgan fingerprint density at radius 1 is 0.971 bits per heavy atom. The molecule has 2 atom stereocenters. The molecule has 1 aromatic heterocycles. The molecule has 186 valence electrons. The number of unbranched alkanes of at least 4 members (excludes halogenated alkanes) is 2. The Bertz CT molecular complexity index is 1080. The highest BCUT2D eigenvalue weighted by molar-refractivity contribution is 7.09. The van der Waals surface area contributed by atoms with Crippen LogP contribution in [0, 0.1) is 5.92 Å². The minimum absolute atomic E-state index is 0.0870. The normalized spacial score (nSPS) is 18.0. The lowest BCUT2D eigenvalue weighted by molar-refractivity contribution is 0.279. The van der Waals surface area contributed by atoms with Crippen molar-refractivity contribution in [2.75, 3.05) is 13.2 Å². The molecule has 0 radical (unpaired) electrons. The van der Waals surface area contributed by atoms with Crippen LogP contribution in [0.5, 0.6) is 11.5 Å². The Hall–Kier alpha value is -3.10. The molecule has 5 N–H and O–H groups in total. The maximum Gasteiger partial charge on any atom is 0.170 e. The number of oxime groups is 1. The van der Waals surface area contributed by atoms with E-state index in [1.54, 1.807) is 23.5 Å². The first-order chi connectivity index (χ1) is 17.1. The van der Waals surface area contributed by atoms with Crippen LogP contribution in [0.2, 0.25) is 0 Å². The van der Waals surface area contributed by atoms with Gasteiger partial charge in [-0.05, 0) is 93.0 Å². The highest BCUT2D eigenvalue weighted by atomic mass is 32.1. The van der Waals surface area contributed by atoms with Gasteiger partial charge in [0.25, 0.3) is 0 Å². The molecular formula is C27H34N4O3S. The molecule has 1 saturated carbocycles. The van der Waals surface area contributed by atoms with Gasteiger partial charge in [-0.3, -0.25) is 0 Å². The average Bonchev–Trinajstić information content (AvgIpc) is 3.52. The summed E-state index contributed by atoms with van der Waals surface area (Å²) < 4.78 is 11.6. The van der Waals surface area contributed by atoms with E-state index in [2.05, 4.69) is 22.7 Å². The van der Waals surface area contributed by atoms with Gasteiger partial charge >= 0.3 is 0 Å². The van der Waals surface area contributed by atoms with Crippen molar-refractivity contribution in [3.05, 3.63) is 64.5 Å². The van der Waals surface area contributed by atoms with Crippen LogP contribution in [-0.4, -0.2) is 35.3 Å². The molecule has 35 heavy (non-hydrogen) atoms. The summed E-state index contributed by atoms with van der Waals surface area (Å²) in [6.07, 6.45) is 7.48. The van der Waals surface area contributed by atoms with Gasteiger partial charge in [-0.25, -0.2) is 4.98 Å². The molecule has 1 aliphatic rings. The van der Waals surface area contributed by atoms with Crippen LogP contribution in [0.3, 0.4) is 0 Å². The van der Waals surface area contributed by atoms with Crippen molar-refractivity contribution in [2.24, 2.45) is 22.5 Å². The SMILES string of the molecule is N/C(=N\O)c1ccc(OCCCCCOc2ccc(-c3csc(CC4CCC(N)C4)n3)cc2)cc1. The fraction of sp³-hybridized carbons (Fsp3) is 0.407. The number of aromatic nitrogens is 1. The van der Waals surface area contributed by atoms with E-state index in [1.165, 1.54) is 11.4 Å². The molecule has 1 aliphatic carbocycles. The number of hydrogen-bond acceptors (Lipinski definition) is 7. The number of rotatable bonds is 12. The predicted octanol–water partition coefficient (Wildman–Crippen LogP) is 5.20. The van der Waals surface area contributed by atoms with Gasteiger partial charge in [-0.2, -0.15) is 0 Å². The summed E-state index contributed by atoms with van der Waals surface area (Å²) in [5.41, 5.74) is 14.4. The van der Waals surface area contributed by atoms with Gasteiger partial charge in [0.2, 0.25) is 0 Å². The van der Waals surface area contributed by atoms with Crippen LogP contribution in [0.25, 0.3) is 11.3 Å². The van der Waals surface area contributed by atoms with Gasteiger partial charge in [0.1, 0.15) is 11.5 Å². The van der Waals surface area contributed by atoms with E-state index in [4.69, 9.17) is 31.1 Å². The van der Waals surface area contributed by atoms with Gasteiger partial charge in [-0.1, -0.05) is 5.16 Å². The third-order valence-corrected chi connectivity index (χ3v) is 7.20. The number of benzene rings is 2. The van der Waals surface area contributed by atoms with Crippen LogP contribution < -0.4 is 20.9 Å². The molecule has 0 bridgehead atoms. The largest absolute Gasteiger partial charge is 0.494 e. The minimum atomic E-state index is 0.0870. The zero-order valence-corrected chi connectivity index (χ0v) is 20.8. The second-order valence-corrected chi connectivity index (χ2v) is 10.0. The van der Waals surface area contributed by atoms with Crippen LogP contribution in [-0.2, 0) is 6.42 Å². The Morgan fingerprint density at radius 2 is 1.63 bits per heavy atom. The maximum absolute atomic E-state index is 8.70. The van der Waals surface area contributed by atoms with E-state index < -0.39 is 0 Å². The number of nitrogens with zero attached hydrogens (tertiary/aromatic N) is 2. The zero-order chi connectivity index (χ0) is 24.5. The molecule has 7 nitrogen and oxygen atoms in total. The van der Waals surface area contributed by atoms with Crippen molar-refractivity contribution in [1.82, 2.24) is 4.98 Å². The lowest BCUT2D eigenvalue weighted by Crippen LogP contribution is -2.15. The smallest absolute Gasteiger partial charge is 0.170 e. The van der Waals surface area contributed by atoms with Crippen molar-refractivity contribution in [1.29, 1.82) is 0 Å². The summed E-state index contributed by atoms with van der Waals surface area (Å²) in [6, 6.07) is 15.7. The topological polar surface area (TPSA) is 116 Å². The number of thiazole rings is 1. The molecule has 1 fully saturated rings. The van der Waals surface area contributed by atoms with E-state index in [-0.39, 0.29) is 5.84 Å². The first-order valence-corrected chi connectivity index (χ1v) is 13.1. The molecule has 0 amide bonds. The Kier molecular flexibility index (Phi) is 8.97. The highest BCUT2D eigenvalue weighted by Crippen LogP contribution is 2.30.